The minimum Gasteiger partial charge on any atom is -0.873 e. The van der Waals surface area contributed by atoms with E-state index in [-0.39, 0.29) is 34.6 Å². The van der Waals surface area contributed by atoms with Crippen molar-refractivity contribution in [1.29, 1.82) is 0 Å². The van der Waals surface area contributed by atoms with Gasteiger partial charge in [0.25, 0.3) is 0 Å². The average molecular weight is 1250 g/mol. The number of aliphatic hydroxyl groups is 20. The summed E-state index contributed by atoms with van der Waals surface area (Å²) in [5, 5.41) is 255. The third kappa shape index (κ3) is 12.8. The molecule has 22 N–H and O–H groups in total. The molecule has 4 heterocycles. The Morgan fingerprint density at radius 1 is 0.425 bits per heavy atom. The second-order valence-corrected chi connectivity index (χ2v) is 20.7. The third-order valence-electron chi connectivity index (χ3n) is 15.4. The Morgan fingerprint density at radius 3 is 0.966 bits per heavy atom. The molecule has 0 spiro atoms. The fraction of sp³-hybridized carbons (Fsp3) is 0.481. The van der Waals surface area contributed by atoms with Crippen molar-refractivity contribution in [2.24, 2.45) is 0 Å². The molecule has 472 valence electrons. The Morgan fingerprint density at radius 2 is 0.690 bits per heavy atom. The first-order valence-corrected chi connectivity index (χ1v) is 25.9. The molecule has 22 atom stereocenters. The molecule has 87 heavy (non-hydrogen) atoms. The topological polar surface area (TPSA) is 596 Å². The van der Waals surface area contributed by atoms with Gasteiger partial charge in [0.15, 0.2) is 22.8 Å². The molecule has 0 saturated carbocycles. The van der Waals surface area contributed by atoms with Crippen molar-refractivity contribution in [3.8, 4) is 11.5 Å². The van der Waals surface area contributed by atoms with Crippen molar-refractivity contribution in [1.82, 2.24) is 0 Å². The van der Waals surface area contributed by atoms with Crippen LogP contribution in [-0.2, 0) is 38.1 Å². The Labute approximate surface area is 505 Å². The van der Waals surface area contributed by atoms with Crippen molar-refractivity contribution in [2.45, 2.75) is 133 Å². The van der Waals surface area contributed by atoms with E-state index in [2.05, 4.69) is 0 Å². The maximum Gasteiger partial charge on any atom is 2.00 e. The molecule has 0 radical (unpaired) electrons. The summed E-state index contributed by atoms with van der Waals surface area (Å²) in [4.78, 5) is 54.1. The maximum atomic E-state index is 13.9. The Kier molecular flexibility index (Phi) is 22.6. The predicted molar refractivity (Wildman–Crippen MR) is 278 cm³/mol. The van der Waals surface area contributed by atoms with E-state index < -0.39 is 228 Å². The number of ketones is 4. The van der Waals surface area contributed by atoms with Gasteiger partial charge in [-0.1, -0.05) is 47.9 Å². The summed E-state index contributed by atoms with van der Waals surface area (Å²) in [7, 11) is 0. The molecule has 2 aliphatic carbocycles. The summed E-state index contributed by atoms with van der Waals surface area (Å²) in [6.07, 6.45) is -38.2. The van der Waals surface area contributed by atoms with E-state index in [0.717, 1.165) is 24.3 Å². The van der Waals surface area contributed by atoms with Crippen LogP contribution in [0.25, 0.3) is 12.2 Å². The molecular formula is C54H62MgO32. The third-order valence-corrected chi connectivity index (χ3v) is 15.4. The standard InChI is InChI=1S/2C27H32O16.Mg/c2*28-7-12-16(32)19(35)21(37)23(42-12)15-18(34)14(11(31)6-3-9-1-4-10(30)5-2-9)24(39)27(41,25(15)40)26-22(38)20(36)17(33)13(8-29)43-26;/h2*1-6,12-13,16-17,19-23,26,28-30,32-38,40-41H,7-8H2;/q;;+2/p-2/b2*6-3+;. The van der Waals surface area contributed by atoms with Crippen LogP contribution in [0.4, 0.5) is 0 Å². The van der Waals surface area contributed by atoms with Gasteiger partial charge in [0, 0.05) is 11.1 Å². The minimum absolute atomic E-state index is 0. The molecule has 2 aromatic carbocycles. The van der Waals surface area contributed by atoms with Crippen LogP contribution in [0, 0.1) is 0 Å². The number of aromatic hydroxyl groups is 2. The van der Waals surface area contributed by atoms with Crippen LogP contribution in [-0.4, -0.2) is 318 Å². The molecule has 32 nitrogen and oxygen atoms in total. The predicted octanol–water partition coefficient (Wildman–Crippen LogP) is -11.6. The summed E-state index contributed by atoms with van der Waals surface area (Å²) in [6.45, 7) is -4.04. The number of Topliss-reactive ketones (excluding diaryl/α,β-unsaturated/α-hetero) is 2. The van der Waals surface area contributed by atoms with Crippen LogP contribution < -0.4 is 10.2 Å². The quantitative estimate of drug-likeness (QED) is 0.0474. The number of carbonyl (C=O) groups excluding carboxylic acids is 4. The number of carbonyl (C=O) groups is 4. The van der Waals surface area contributed by atoms with Gasteiger partial charge in [0.05, 0.1) is 26.4 Å². The Bertz CT molecular complexity index is 2840. The fourth-order valence-electron chi connectivity index (χ4n) is 10.5. The first-order valence-electron chi connectivity index (χ1n) is 25.9. The first kappa shape index (κ1) is 70.3. The molecule has 2 aromatic rings. The summed E-state index contributed by atoms with van der Waals surface area (Å²) in [5.41, 5.74) is -11.7. The zero-order chi connectivity index (χ0) is 63.9. The van der Waals surface area contributed by atoms with Gasteiger partial charge in [0.2, 0.25) is 11.6 Å². The summed E-state index contributed by atoms with van der Waals surface area (Å²) >= 11 is 0. The molecular weight excluding hydrogens is 1180 g/mol. The number of aliphatic hydroxyl groups excluding tert-OH is 18. The zero-order valence-corrected chi connectivity index (χ0v) is 46.3. The van der Waals surface area contributed by atoms with Crippen LogP contribution in [0.3, 0.4) is 0 Å². The monoisotopic (exact) mass is 1250 g/mol. The first-order chi connectivity index (χ1) is 40.4. The van der Waals surface area contributed by atoms with E-state index in [1.54, 1.807) is 0 Å². The molecule has 0 aromatic heterocycles. The van der Waals surface area contributed by atoms with Crippen LogP contribution in [0.2, 0.25) is 0 Å². The Balaban J connectivity index is 0.000000275. The van der Waals surface area contributed by atoms with E-state index in [1.165, 1.54) is 48.5 Å². The van der Waals surface area contributed by atoms with Crippen molar-refractivity contribution < 1.29 is 161 Å². The average Bonchev–Trinajstić information content (AvgIpc) is 1.05. The van der Waals surface area contributed by atoms with Crippen LogP contribution in [0.5, 0.6) is 11.5 Å². The zero-order valence-electron chi connectivity index (χ0n) is 44.9. The smallest absolute Gasteiger partial charge is 0.873 e. The molecule has 33 heteroatoms. The summed E-state index contributed by atoms with van der Waals surface area (Å²) in [5.74, 6) is -13.1. The van der Waals surface area contributed by atoms with Gasteiger partial charge < -0.3 is 142 Å². The molecule has 22 unspecified atom stereocenters. The molecule has 4 aliphatic heterocycles. The number of phenolic OH excluding ortho intramolecular Hbond substituents is 2. The van der Waals surface area contributed by atoms with Crippen LogP contribution >= 0.6 is 0 Å². The van der Waals surface area contributed by atoms with Crippen molar-refractivity contribution in [2.75, 3.05) is 26.4 Å². The number of allylic oxidation sites excluding steroid dienone is 2. The van der Waals surface area contributed by atoms with E-state index in [9.17, 15) is 142 Å². The fourth-order valence-corrected chi connectivity index (χ4v) is 10.5. The summed E-state index contributed by atoms with van der Waals surface area (Å²) in [6, 6.07) is 10.6. The number of hydrogen-bond acceptors (Lipinski definition) is 32. The van der Waals surface area contributed by atoms with Gasteiger partial charge >= 0.3 is 23.1 Å². The molecule has 0 amide bonds. The largest absolute Gasteiger partial charge is 2.00 e. The SMILES string of the molecule is O=C(/C=C/c1ccc(O)cc1)C1=C(O)C(C2OC(CO)C(O)C(O)C2O)=C([O-])C(O)(C2OC(CO)C(O)C(O)C2O)C1=O.O=C(/C=C/c1ccc(O)cc1)C1=C(O)C(C2OC(CO)C(O)C(O)C2O)=C([O-])C(O)(C2OC(CO)C(O)C(O)C2O)C1=O.[Mg+2]. The molecule has 4 fully saturated rings. The number of benzene rings is 2. The molecule has 8 rings (SSSR count). The van der Waals surface area contributed by atoms with Crippen molar-refractivity contribution in [3.63, 3.8) is 0 Å². The van der Waals surface area contributed by atoms with Crippen molar-refractivity contribution in [3.05, 3.63) is 117 Å². The van der Waals surface area contributed by atoms with Gasteiger partial charge in [-0.15, -0.1) is 0 Å². The van der Waals surface area contributed by atoms with Gasteiger partial charge in [-0.25, -0.2) is 0 Å². The van der Waals surface area contributed by atoms with E-state index in [4.69, 9.17) is 18.9 Å². The number of hydrogen-bond donors (Lipinski definition) is 22. The van der Waals surface area contributed by atoms with Gasteiger partial charge in [-0.05, 0) is 47.5 Å². The number of ether oxygens (including phenoxy) is 4. The van der Waals surface area contributed by atoms with Crippen LogP contribution in [0.1, 0.15) is 11.1 Å². The molecule has 6 aliphatic rings. The Hall–Kier alpha value is -5.75. The van der Waals surface area contributed by atoms with Crippen molar-refractivity contribution >= 4 is 58.3 Å². The molecule has 0 bridgehead atoms. The number of phenols is 2. The second kappa shape index (κ2) is 28.0. The number of rotatable bonds is 14. The van der Waals surface area contributed by atoms with E-state index in [1.807, 2.05) is 0 Å². The molecule has 4 saturated heterocycles. The minimum atomic E-state index is -3.67. The van der Waals surface area contributed by atoms with Gasteiger partial charge in [-0.2, -0.15) is 0 Å². The van der Waals surface area contributed by atoms with Gasteiger partial charge in [0.1, 0.15) is 156 Å². The maximum absolute atomic E-state index is 13.9. The van der Waals surface area contributed by atoms with Crippen LogP contribution in [0.15, 0.2) is 106 Å². The van der Waals surface area contributed by atoms with E-state index in [0.29, 0.717) is 11.1 Å². The second-order valence-electron chi connectivity index (χ2n) is 20.7. The van der Waals surface area contributed by atoms with E-state index >= 15 is 0 Å². The normalized spacial score (nSPS) is 38.6. The summed E-state index contributed by atoms with van der Waals surface area (Å²) < 4.78 is 21.2. The van der Waals surface area contributed by atoms with Gasteiger partial charge in [-0.3, -0.25) is 19.2 Å².